The Labute approximate surface area is 75.5 Å². The Kier molecular flexibility index (Phi) is 2.92. The molecule has 0 aromatic carbocycles. The van der Waals surface area contributed by atoms with Gasteiger partial charge in [0.25, 0.3) is 0 Å². The van der Waals surface area contributed by atoms with E-state index in [-0.39, 0.29) is 5.41 Å². The standard InChI is InChI=1S/C11H20O/c1-4-10(12)11(9(2)3)7-5-6-8-11/h9H,4-8H2,1-3H3. The summed E-state index contributed by atoms with van der Waals surface area (Å²) in [7, 11) is 0. The summed E-state index contributed by atoms with van der Waals surface area (Å²) in [4.78, 5) is 11.8. The molecule has 0 amide bonds. The minimum absolute atomic E-state index is 0.0642. The van der Waals surface area contributed by atoms with Gasteiger partial charge in [-0.25, -0.2) is 0 Å². The Bertz CT molecular complexity index is 164. The van der Waals surface area contributed by atoms with Gasteiger partial charge in [-0.1, -0.05) is 33.6 Å². The molecular weight excluding hydrogens is 148 g/mol. The van der Waals surface area contributed by atoms with Crippen molar-refractivity contribution < 1.29 is 4.79 Å². The van der Waals surface area contributed by atoms with E-state index < -0.39 is 0 Å². The zero-order valence-electron chi connectivity index (χ0n) is 8.52. The molecule has 0 spiro atoms. The van der Waals surface area contributed by atoms with E-state index in [2.05, 4.69) is 13.8 Å². The smallest absolute Gasteiger partial charge is 0.139 e. The van der Waals surface area contributed by atoms with E-state index in [1.807, 2.05) is 6.92 Å². The fraction of sp³-hybridized carbons (Fsp3) is 0.909. The second-order valence-electron chi connectivity index (χ2n) is 4.29. The van der Waals surface area contributed by atoms with Crippen LogP contribution in [0.3, 0.4) is 0 Å². The summed E-state index contributed by atoms with van der Waals surface area (Å²) in [5.74, 6) is 1.03. The SMILES string of the molecule is CCC(=O)C1(C(C)C)CCCC1. The first-order valence-electron chi connectivity index (χ1n) is 5.17. The van der Waals surface area contributed by atoms with Crippen LogP contribution in [0.15, 0.2) is 0 Å². The van der Waals surface area contributed by atoms with Crippen LogP contribution >= 0.6 is 0 Å². The third kappa shape index (κ3) is 1.41. The molecule has 0 heterocycles. The van der Waals surface area contributed by atoms with Gasteiger partial charge in [0.05, 0.1) is 0 Å². The molecule has 0 atom stereocenters. The fourth-order valence-electron chi connectivity index (χ4n) is 2.54. The van der Waals surface area contributed by atoms with E-state index in [0.717, 1.165) is 19.3 Å². The van der Waals surface area contributed by atoms with Gasteiger partial charge in [-0.2, -0.15) is 0 Å². The van der Waals surface area contributed by atoms with Crippen molar-refractivity contribution in [2.75, 3.05) is 0 Å². The molecule has 1 heteroatoms. The molecule has 1 nitrogen and oxygen atoms in total. The number of carbonyl (C=O) groups is 1. The van der Waals surface area contributed by atoms with Gasteiger partial charge in [-0.15, -0.1) is 0 Å². The molecule has 0 aromatic rings. The molecule has 0 radical (unpaired) electrons. The predicted molar refractivity (Wildman–Crippen MR) is 51.0 cm³/mol. The molecule has 12 heavy (non-hydrogen) atoms. The van der Waals surface area contributed by atoms with E-state index in [1.54, 1.807) is 0 Å². The fourth-order valence-corrected chi connectivity index (χ4v) is 2.54. The lowest BCUT2D eigenvalue weighted by Gasteiger charge is -2.31. The van der Waals surface area contributed by atoms with Gasteiger partial charge < -0.3 is 0 Å². The van der Waals surface area contributed by atoms with Crippen molar-refractivity contribution in [2.24, 2.45) is 11.3 Å². The lowest BCUT2D eigenvalue weighted by atomic mass is 9.71. The Morgan fingerprint density at radius 1 is 1.33 bits per heavy atom. The molecule has 1 rings (SSSR count). The normalized spacial score (nSPS) is 21.7. The molecular formula is C11H20O. The van der Waals surface area contributed by atoms with Gasteiger partial charge in [0, 0.05) is 11.8 Å². The highest BCUT2D eigenvalue weighted by Crippen LogP contribution is 2.45. The van der Waals surface area contributed by atoms with Gasteiger partial charge in [0.1, 0.15) is 5.78 Å². The lowest BCUT2D eigenvalue weighted by molar-refractivity contribution is -0.130. The average Bonchev–Trinajstić information content (AvgIpc) is 2.52. The summed E-state index contributed by atoms with van der Waals surface area (Å²) < 4.78 is 0. The van der Waals surface area contributed by atoms with Crippen molar-refractivity contribution in [3.63, 3.8) is 0 Å². The molecule has 1 fully saturated rings. The number of hydrogen-bond acceptors (Lipinski definition) is 1. The quantitative estimate of drug-likeness (QED) is 0.632. The predicted octanol–water partition coefficient (Wildman–Crippen LogP) is 3.18. The molecule has 0 aliphatic heterocycles. The summed E-state index contributed by atoms with van der Waals surface area (Å²) >= 11 is 0. The van der Waals surface area contributed by atoms with Crippen molar-refractivity contribution >= 4 is 5.78 Å². The molecule has 0 saturated heterocycles. The van der Waals surface area contributed by atoms with Gasteiger partial charge in [-0.3, -0.25) is 4.79 Å². The molecule has 0 aromatic heterocycles. The summed E-state index contributed by atoms with van der Waals surface area (Å²) in [6, 6.07) is 0. The first kappa shape index (κ1) is 9.76. The van der Waals surface area contributed by atoms with Crippen LogP contribution in [0, 0.1) is 11.3 Å². The van der Waals surface area contributed by atoms with E-state index in [9.17, 15) is 4.79 Å². The minimum Gasteiger partial charge on any atom is -0.299 e. The number of rotatable bonds is 3. The van der Waals surface area contributed by atoms with Crippen LogP contribution in [0.2, 0.25) is 0 Å². The summed E-state index contributed by atoms with van der Waals surface area (Å²) in [5.41, 5.74) is 0.0642. The number of carbonyl (C=O) groups excluding carboxylic acids is 1. The van der Waals surface area contributed by atoms with Crippen LogP contribution in [-0.2, 0) is 4.79 Å². The van der Waals surface area contributed by atoms with Gasteiger partial charge in [0.15, 0.2) is 0 Å². The second kappa shape index (κ2) is 3.59. The zero-order valence-corrected chi connectivity index (χ0v) is 8.52. The minimum atomic E-state index is 0.0642. The van der Waals surface area contributed by atoms with Gasteiger partial charge >= 0.3 is 0 Å². The number of hydrogen-bond donors (Lipinski definition) is 0. The van der Waals surface area contributed by atoms with Crippen LogP contribution < -0.4 is 0 Å². The van der Waals surface area contributed by atoms with Gasteiger partial charge in [-0.05, 0) is 18.8 Å². The highest BCUT2D eigenvalue weighted by atomic mass is 16.1. The molecule has 70 valence electrons. The average molecular weight is 168 g/mol. The number of Topliss-reactive ketones (excluding diaryl/α,β-unsaturated/α-hetero) is 1. The van der Waals surface area contributed by atoms with Crippen molar-refractivity contribution in [3.8, 4) is 0 Å². The van der Waals surface area contributed by atoms with E-state index in [1.165, 1.54) is 12.8 Å². The van der Waals surface area contributed by atoms with Crippen LogP contribution in [0.1, 0.15) is 52.9 Å². The lowest BCUT2D eigenvalue weighted by Crippen LogP contribution is -2.32. The largest absolute Gasteiger partial charge is 0.299 e. The zero-order chi connectivity index (χ0) is 9.19. The third-order valence-electron chi connectivity index (χ3n) is 3.48. The molecule has 0 bridgehead atoms. The molecule has 1 aliphatic rings. The third-order valence-corrected chi connectivity index (χ3v) is 3.48. The Morgan fingerprint density at radius 2 is 1.83 bits per heavy atom. The van der Waals surface area contributed by atoms with Crippen LogP contribution in [-0.4, -0.2) is 5.78 Å². The Balaban J connectivity index is 2.78. The number of ketones is 1. The van der Waals surface area contributed by atoms with Crippen LogP contribution in [0.4, 0.5) is 0 Å². The van der Waals surface area contributed by atoms with Crippen molar-refractivity contribution in [3.05, 3.63) is 0 Å². The topological polar surface area (TPSA) is 17.1 Å². The summed E-state index contributed by atoms with van der Waals surface area (Å²) in [5, 5.41) is 0. The van der Waals surface area contributed by atoms with Gasteiger partial charge in [0.2, 0.25) is 0 Å². The Morgan fingerprint density at radius 3 is 2.17 bits per heavy atom. The first-order valence-corrected chi connectivity index (χ1v) is 5.17. The van der Waals surface area contributed by atoms with E-state index in [4.69, 9.17) is 0 Å². The summed E-state index contributed by atoms with van der Waals surface area (Å²) in [6.45, 7) is 6.38. The van der Waals surface area contributed by atoms with Crippen LogP contribution in [0.25, 0.3) is 0 Å². The van der Waals surface area contributed by atoms with Crippen molar-refractivity contribution in [1.29, 1.82) is 0 Å². The highest BCUT2D eigenvalue weighted by Gasteiger charge is 2.41. The molecule has 0 N–H and O–H groups in total. The molecule has 0 unspecified atom stereocenters. The monoisotopic (exact) mass is 168 g/mol. The maximum atomic E-state index is 11.8. The first-order chi connectivity index (χ1) is 5.63. The second-order valence-corrected chi connectivity index (χ2v) is 4.29. The van der Waals surface area contributed by atoms with Crippen molar-refractivity contribution in [1.82, 2.24) is 0 Å². The van der Waals surface area contributed by atoms with E-state index in [0.29, 0.717) is 11.7 Å². The molecule has 1 aliphatic carbocycles. The summed E-state index contributed by atoms with van der Waals surface area (Å²) in [6.07, 6.45) is 5.50. The maximum absolute atomic E-state index is 11.8. The van der Waals surface area contributed by atoms with Crippen LogP contribution in [0.5, 0.6) is 0 Å². The van der Waals surface area contributed by atoms with E-state index >= 15 is 0 Å². The highest BCUT2D eigenvalue weighted by molar-refractivity contribution is 5.85. The van der Waals surface area contributed by atoms with Crippen molar-refractivity contribution in [2.45, 2.75) is 52.9 Å². The Hall–Kier alpha value is -0.330. The maximum Gasteiger partial charge on any atom is 0.139 e. The molecule has 1 saturated carbocycles.